The molecule has 1 fully saturated rings. The van der Waals surface area contributed by atoms with Crippen molar-refractivity contribution in [1.82, 2.24) is 0 Å². The Morgan fingerprint density at radius 2 is 1.71 bits per heavy atom. The number of hydrogen-bond acceptors (Lipinski definition) is 4. The van der Waals surface area contributed by atoms with E-state index in [1.54, 1.807) is 0 Å². The quantitative estimate of drug-likeness (QED) is 0.474. The Hall–Kier alpha value is -1.34. The molecule has 1 saturated heterocycles. The summed E-state index contributed by atoms with van der Waals surface area (Å²) in [5.74, 6) is -2.69. The Morgan fingerprint density at radius 1 is 1.29 bits per heavy atom. The second-order valence-electron chi connectivity index (χ2n) is 2.74. The van der Waals surface area contributed by atoms with E-state index >= 15 is 0 Å². The fourth-order valence-electron chi connectivity index (χ4n) is 1.12. The third kappa shape index (κ3) is 2.12. The Morgan fingerprint density at radius 3 is 2.00 bits per heavy atom. The van der Waals surface area contributed by atoms with Crippen LogP contribution >= 0.6 is 0 Å². The number of allylic oxidation sites excluding steroid dienone is 1. The molecule has 76 valence electrons. The van der Waals surface area contributed by atoms with Crippen molar-refractivity contribution < 1.29 is 29.1 Å². The number of carbonyl (C=O) groups is 2. The largest absolute Gasteiger partial charge is 0.479 e. The van der Waals surface area contributed by atoms with Gasteiger partial charge in [-0.15, -0.1) is 6.58 Å². The fourth-order valence-corrected chi connectivity index (χ4v) is 1.12. The molecule has 7 heteroatoms. The van der Waals surface area contributed by atoms with Crippen molar-refractivity contribution in [3.63, 3.8) is 0 Å². The van der Waals surface area contributed by atoms with Crippen molar-refractivity contribution in [2.75, 3.05) is 0 Å². The summed E-state index contributed by atoms with van der Waals surface area (Å²) in [6.07, 6.45) is -1.17. The third-order valence-electron chi connectivity index (χ3n) is 1.72. The summed E-state index contributed by atoms with van der Waals surface area (Å²) in [5, 5.41) is 17.2. The van der Waals surface area contributed by atoms with Gasteiger partial charge in [-0.1, -0.05) is 6.08 Å². The molecule has 0 aromatic rings. The van der Waals surface area contributed by atoms with Crippen molar-refractivity contribution in [2.45, 2.75) is 18.5 Å². The molecule has 2 atom stereocenters. The van der Waals surface area contributed by atoms with Crippen molar-refractivity contribution in [3.05, 3.63) is 12.7 Å². The molecule has 2 N–H and O–H groups in total. The molecule has 1 rings (SSSR count). The van der Waals surface area contributed by atoms with Crippen LogP contribution in [-0.4, -0.2) is 41.5 Å². The van der Waals surface area contributed by atoms with Crippen LogP contribution in [0.4, 0.5) is 0 Å². The van der Waals surface area contributed by atoms with E-state index in [-0.39, 0.29) is 6.32 Å². The highest BCUT2D eigenvalue weighted by Crippen LogP contribution is 2.19. The van der Waals surface area contributed by atoms with Gasteiger partial charge in [-0.2, -0.15) is 0 Å². The minimum Gasteiger partial charge on any atom is -0.479 e. The van der Waals surface area contributed by atoms with Crippen LogP contribution in [0, 0.1) is 0 Å². The standard InChI is InChI=1S/C7H9BO6/c1-2-3-8-13-4(6(9)10)5(14-8)7(11)12/h2,4-5H,1,3H2,(H,9,10)(H,11,12)/t4-,5?/m1/s1. The van der Waals surface area contributed by atoms with Crippen molar-refractivity contribution in [2.24, 2.45) is 0 Å². The fraction of sp³-hybridized carbons (Fsp3) is 0.429. The molecular weight excluding hydrogens is 191 g/mol. The summed E-state index contributed by atoms with van der Waals surface area (Å²) < 4.78 is 9.73. The summed E-state index contributed by atoms with van der Waals surface area (Å²) in [5.41, 5.74) is 0. The number of rotatable bonds is 4. The predicted molar refractivity (Wildman–Crippen MR) is 45.8 cm³/mol. The predicted octanol–water partition coefficient (Wildman–Crippen LogP) is -0.386. The van der Waals surface area contributed by atoms with E-state index < -0.39 is 31.3 Å². The molecule has 0 aromatic carbocycles. The van der Waals surface area contributed by atoms with Gasteiger partial charge >= 0.3 is 19.1 Å². The van der Waals surface area contributed by atoms with Gasteiger partial charge in [0, 0.05) is 6.32 Å². The van der Waals surface area contributed by atoms with Gasteiger partial charge < -0.3 is 19.5 Å². The number of carboxylic acid groups (broad SMARTS) is 2. The molecule has 0 aromatic heterocycles. The SMILES string of the molecule is C=CCB1OC(C(=O)O)[C@H](C(=O)O)O1. The summed E-state index contributed by atoms with van der Waals surface area (Å²) in [6, 6.07) is 0. The second-order valence-corrected chi connectivity index (χ2v) is 2.74. The van der Waals surface area contributed by atoms with Gasteiger partial charge in [0.15, 0.2) is 12.2 Å². The van der Waals surface area contributed by atoms with Crippen LogP contribution in [0.5, 0.6) is 0 Å². The Labute approximate surface area is 80.3 Å². The third-order valence-corrected chi connectivity index (χ3v) is 1.72. The first-order valence-electron chi connectivity index (χ1n) is 3.93. The zero-order valence-electron chi connectivity index (χ0n) is 7.25. The lowest BCUT2D eigenvalue weighted by Gasteiger charge is -2.08. The van der Waals surface area contributed by atoms with Crippen LogP contribution in [0.2, 0.25) is 6.32 Å². The lowest BCUT2D eigenvalue weighted by Crippen LogP contribution is -2.36. The van der Waals surface area contributed by atoms with Crippen LogP contribution in [0.3, 0.4) is 0 Å². The molecule has 1 heterocycles. The summed E-state index contributed by atoms with van der Waals surface area (Å²) >= 11 is 0. The van der Waals surface area contributed by atoms with E-state index in [2.05, 4.69) is 6.58 Å². The summed E-state index contributed by atoms with van der Waals surface area (Å²) in [4.78, 5) is 21.1. The molecule has 1 unspecified atom stereocenters. The highest BCUT2D eigenvalue weighted by atomic mass is 16.7. The van der Waals surface area contributed by atoms with E-state index in [1.807, 2.05) is 0 Å². The average molecular weight is 200 g/mol. The first kappa shape index (κ1) is 10.7. The van der Waals surface area contributed by atoms with Gasteiger partial charge in [0.1, 0.15) is 0 Å². The maximum absolute atomic E-state index is 10.6. The highest BCUT2D eigenvalue weighted by Gasteiger charge is 2.46. The van der Waals surface area contributed by atoms with Crippen LogP contribution in [0.15, 0.2) is 12.7 Å². The van der Waals surface area contributed by atoms with Gasteiger partial charge in [0.05, 0.1) is 0 Å². The van der Waals surface area contributed by atoms with Gasteiger partial charge in [-0.25, -0.2) is 9.59 Å². The van der Waals surface area contributed by atoms with Crippen LogP contribution < -0.4 is 0 Å². The van der Waals surface area contributed by atoms with Crippen molar-refractivity contribution in [1.29, 1.82) is 0 Å². The second kappa shape index (κ2) is 4.25. The topological polar surface area (TPSA) is 93.1 Å². The van der Waals surface area contributed by atoms with Crippen LogP contribution in [0.25, 0.3) is 0 Å². The van der Waals surface area contributed by atoms with Gasteiger partial charge in [0.25, 0.3) is 0 Å². The van der Waals surface area contributed by atoms with Crippen LogP contribution in [-0.2, 0) is 18.9 Å². The first-order valence-corrected chi connectivity index (χ1v) is 3.93. The molecule has 0 bridgehead atoms. The molecule has 1 aliphatic rings. The lowest BCUT2D eigenvalue weighted by molar-refractivity contribution is -0.156. The minimum atomic E-state index is -1.45. The van der Waals surface area contributed by atoms with E-state index in [4.69, 9.17) is 19.5 Å². The van der Waals surface area contributed by atoms with Crippen molar-refractivity contribution >= 4 is 19.1 Å². The zero-order valence-corrected chi connectivity index (χ0v) is 7.25. The van der Waals surface area contributed by atoms with E-state index in [9.17, 15) is 9.59 Å². The van der Waals surface area contributed by atoms with Crippen molar-refractivity contribution in [3.8, 4) is 0 Å². The molecule has 0 aliphatic carbocycles. The molecule has 0 spiro atoms. The highest BCUT2D eigenvalue weighted by molar-refractivity contribution is 6.46. The number of aliphatic carboxylic acids is 2. The molecule has 0 radical (unpaired) electrons. The number of carboxylic acids is 2. The van der Waals surface area contributed by atoms with E-state index in [1.165, 1.54) is 6.08 Å². The van der Waals surface area contributed by atoms with Gasteiger partial charge in [0.2, 0.25) is 0 Å². The molecule has 6 nitrogen and oxygen atoms in total. The maximum atomic E-state index is 10.6. The molecule has 0 amide bonds. The normalized spacial score (nSPS) is 26.1. The van der Waals surface area contributed by atoms with E-state index in [0.717, 1.165) is 0 Å². The first-order chi connectivity index (χ1) is 6.56. The maximum Gasteiger partial charge on any atom is 0.462 e. The zero-order chi connectivity index (χ0) is 10.7. The molecule has 1 aliphatic heterocycles. The summed E-state index contributed by atoms with van der Waals surface area (Å²) in [7, 11) is -0.838. The number of hydrogen-bond donors (Lipinski definition) is 2. The van der Waals surface area contributed by atoms with Gasteiger partial charge in [-0.05, 0) is 0 Å². The average Bonchev–Trinajstić information content (AvgIpc) is 2.49. The monoisotopic (exact) mass is 200 g/mol. The smallest absolute Gasteiger partial charge is 0.462 e. The minimum absolute atomic E-state index is 0.257. The Bertz CT molecular complexity index is 243. The molecule has 0 saturated carbocycles. The molecular formula is C7H9BO6. The molecule has 14 heavy (non-hydrogen) atoms. The van der Waals surface area contributed by atoms with Crippen LogP contribution in [0.1, 0.15) is 0 Å². The summed E-state index contributed by atoms with van der Waals surface area (Å²) in [6.45, 7) is 3.41. The Kier molecular flexibility index (Phi) is 3.26. The van der Waals surface area contributed by atoms with E-state index in [0.29, 0.717) is 0 Å². The van der Waals surface area contributed by atoms with Gasteiger partial charge in [-0.3, -0.25) is 0 Å². The Balaban J connectivity index is 2.69. The lowest BCUT2D eigenvalue weighted by atomic mass is 9.85.